The van der Waals surface area contributed by atoms with E-state index in [0.29, 0.717) is 10.6 Å². The van der Waals surface area contributed by atoms with Crippen LogP contribution in [0.1, 0.15) is 23.2 Å². The first-order valence-corrected chi connectivity index (χ1v) is 7.57. The third-order valence-electron chi connectivity index (χ3n) is 2.48. The summed E-state index contributed by atoms with van der Waals surface area (Å²) in [6, 6.07) is 5.19. The van der Waals surface area contributed by atoms with Gasteiger partial charge in [0.05, 0.1) is 12.7 Å². The monoisotopic (exact) mass is 287 g/mol. The maximum Gasteiger partial charge on any atom is 0.340 e. The molecule has 1 N–H and O–H groups in total. The van der Waals surface area contributed by atoms with E-state index in [9.17, 15) is 4.79 Å². The topological polar surface area (TPSA) is 38.3 Å². The number of esters is 1. The first-order chi connectivity index (χ1) is 8.69. The number of ether oxygens (including phenoxy) is 1. The summed E-state index contributed by atoms with van der Waals surface area (Å²) < 4.78 is 4.74. The smallest absolute Gasteiger partial charge is 0.340 e. The Kier molecular flexibility index (Phi) is 6.98. The Morgan fingerprint density at radius 2 is 2.22 bits per heavy atom. The Morgan fingerprint density at radius 3 is 2.89 bits per heavy atom. The molecule has 1 aromatic carbocycles. The molecule has 3 nitrogen and oxygen atoms in total. The largest absolute Gasteiger partial charge is 0.465 e. The molecule has 0 saturated carbocycles. The fourth-order valence-corrected chi connectivity index (χ4v) is 2.21. The standard InChI is InChI=1S/C13H18ClNO2S/c1-17-13(16)11-9-10(14)5-6-12(11)15-7-3-4-8-18-2/h5-6,9,15H,3-4,7-8H2,1-2H3. The molecule has 18 heavy (non-hydrogen) atoms. The highest BCUT2D eigenvalue weighted by atomic mass is 35.5. The number of hydrogen-bond acceptors (Lipinski definition) is 4. The van der Waals surface area contributed by atoms with Crippen LogP contribution in [0, 0.1) is 0 Å². The van der Waals surface area contributed by atoms with Crippen LogP contribution in [0.5, 0.6) is 0 Å². The van der Waals surface area contributed by atoms with Gasteiger partial charge >= 0.3 is 5.97 Å². The maximum absolute atomic E-state index is 11.6. The first-order valence-electron chi connectivity index (χ1n) is 5.79. The van der Waals surface area contributed by atoms with Crippen LogP contribution < -0.4 is 5.32 Å². The number of carbonyl (C=O) groups excluding carboxylic acids is 1. The van der Waals surface area contributed by atoms with E-state index in [4.69, 9.17) is 16.3 Å². The number of hydrogen-bond donors (Lipinski definition) is 1. The van der Waals surface area contributed by atoms with Gasteiger partial charge in [-0.3, -0.25) is 0 Å². The van der Waals surface area contributed by atoms with E-state index in [1.807, 2.05) is 17.8 Å². The van der Waals surface area contributed by atoms with E-state index < -0.39 is 0 Å². The zero-order valence-corrected chi connectivity index (χ0v) is 12.2. The van der Waals surface area contributed by atoms with E-state index in [1.165, 1.54) is 7.11 Å². The summed E-state index contributed by atoms with van der Waals surface area (Å²) >= 11 is 7.72. The van der Waals surface area contributed by atoms with E-state index >= 15 is 0 Å². The summed E-state index contributed by atoms with van der Waals surface area (Å²) in [6.07, 6.45) is 4.33. The Labute approximate surface area is 117 Å². The Hall–Kier alpha value is -0.870. The van der Waals surface area contributed by atoms with E-state index in [0.717, 1.165) is 30.8 Å². The molecule has 0 spiro atoms. The summed E-state index contributed by atoms with van der Waals surface area (Å²) in [7, 11) is 1.37. The molecule has 0 aliphatic carbocycles. The molecular weight excluding hydrogens is 270 g/mol. The second kappa shape index (κ2) is 8.27. The molecule has 0 amide bonds. The number of anilines is 1. The van der Waals surface area contributed by atoms with Gasteiger partial charge in [-0.15, -0.1) is 0 Å². The van der Waals surface area contributed by atoms with Crippen LogP contribution in [0.15, 0.2) is 18.2 Å². The summed E-state index contributed by atoms with van der Waals surface area (Å²) in [5, 5.41) is 3.78. The summed E-state index contributed by atoms with van der Waals surface area (Å²) in [5.41, 5.74) is 1.25. The lowest BCUT2D eigenvalue weighted by Gasteiger charge is -2.11. The fourth-order valence-electron chi connectivity index (χ4n) is 1.54. The number of unbranched alkanes of at least 4 members (excludes halogenated alkanes) is 1. The third kappa shape index (κ3) is 4.78. The zero-order chi connectivity index (χ0) is 13.4. The van der Waals surface area contributed by atoms with Crippen molar-refractivity contribution in [1.29, 1.82) is 0 Å². The van der Waals surface area contributed by atoms with Crippen molar-refractivity contribution in [2.45, 2.75) is 12.8 Å². The number of nitrogens with one attached hydrogen (secondary N) is 1. The van der Waals surface area contributed by atoms with Gasteiger partial charge in [0.25, 0.3) is 0 Å². The van der Waals surface area contributed by atoms with Gasteiger partial charge in [0.2, 0.25) is 0 Å². The lowest BCUT2D eigenvalue weighted by Crippen LogP contribution is -2.09. The average molecular weight is 288 g/mol. The molecule has 100 valence electrons. The minimum atomic E-state index is -0.371. The Balaban J connectivity index is 2.61. The molecule has 0 saturated heterocycles. The van der Waals surface area contributed by atoms with Crippen LogP contribution in [0.3, 0.4) is 0 Å². The van der Waals surface area contributed by atoms with Crippen LogP contribution >= 0.6 is 23.4 Å². The molecule has 0 fully saturated rings. The molecule has 0 bridgehead atoms. The minimum absolute atomic E-state index is 0.371. The normalized spacial score (nSPS) is 10.2. The molecule has 0 atom stereocenters. The Bertz CT molecular complexity index is 399. The third-order valence-corrected chi connectivity index (χ3v) is 3.41. The summed E-state index contributed by atoms with van der Waals surface area (Å²) in [4.78, 5) is 11.6. The van der Waals surface area contributed by atoms with Crippen molar-refractivity contribution in [2.24, 2.45) is 0 Å². The van der Waals surface area contributed by atoms with Crippen molar-refractivity contribution in [3.63, 3.8) is 0 Å². The van der Waals surface area contributed by atoms with Crippen molar-refractivity contribution in [1.82, 2.24) is 0 Å². The lowest BCUT2D eigenvalue weighted by molar-refractivity contribution is 0.0602. The first kappa shape index (κ1) is 15.2. The number of benzene rings is 1. The predicted molar refractivity (Wildman–Crippen MR) is 78.9 cm³/mol. The highest BCUT2D eigenvalue weighted by Gasteiger charge is 2.11. The van der Waals surface area contributed by atoms with Crippen molar-refractivity contribution >= 4 is 35.0 Å². The molecule has 0 aromatic heterocycles. The van der Waals surface area contributed by atoms with Crippen LogP contribution in [0.4, 0.5) is 5.69 Å². The molecule has 1 aromatic rings. The molecular formula is C13H18ClNO2S. The lowest BCUT2D eigenvalue weighted by atomic mass is 10.1. The number of methoxy groups -OCH3 is 1. The van der Waals surface area contributed by atoms with Crippen molar-refractivity contribution in [3.8, 4) is 0 Å². The van der Waals surface area contributed by atoms with Gasteiger partial charge < -0.3 is 10.1 Å². The van der Waals surface area contributed by atoms with Gasteiger partial charge in [-0.2, -0.15) is 11.8 Å². The second-order valence-corrected chi connectivity index (χ2v) is 5.23. The number of thioether (sulfide) groups is 1. The molecule has 1 rings (SSSR count). The van der Waals surface area contributed by atoms with Gasteiger partial charge in [-0.05, 0) is 43.0 Å². The average Bonchev–Trinajstić information content (AvgIpc) is 2.39. The van der Waals surface area contributed by atoms with Gasteiger partial charge in [0.15, 0.2) is 0 Å². The van der Waals surface area contributed by atoms with Crippen LogP contribution in [0.25, 0.3) is 0 Å². The summed E-state index contributed by atoms with van der Waals surface area (Å²) in [5.74, 6) is 0.788. The van der Waals surface area contributed by atoms with E-state index in [2.05, 4.69) is 11.6 Å². The van der Waals surface area contributed by atoms with Crippen LogP contribution in [-0.2, 0) is 4.74 Å². The molecule has 5 heteroatoms. The highest BCUT2D eigenvalue weighted by molar-refractivity contribution is 7.98. The van der Waals surface area contributed by atoms with E-state index in [1.54, 1.807) is 12.1 Å². The van der Waals surface area contributed by atoms with Crippen molar-refractivity contribution in [3.05, 3.63) is 28.8 Å². The number of carbonyl (C=O) groups is 1. The molecule has 0 heterocycles. The molecule has 0 aliphatic heterocycles. The molecule has 0 radical (unpaired) electrons. The van der Waals surface area contributed by atoms with Gasteiger partial charge in [0, 0.05) is 17.3 Å². The highest BCUT2D eigenvalue weighted by Crippen LogP contribution is 2.21. The number of rotatable bonds is 7. The van der Waals surface area contributed by atoms with Gasteiger partial charge in [-0.25, -0.2) is 4.79 Å². The fraction of sp³-hybridized carbons (Fsp3) is 0.462. The summed E-state index contributed by atoms with van der Waals surface area (Å²) in [6.45, 7) is 0.839. The van der Waals surface area contributed by atoms with E-state index in [-0.39, 0.29) is 5.97 Å². The van der Waals surface area contributed by atoms with Crippen LogP contribution in [-0.4, -0.2) is 31.6 Å². The molecule has 0 aliphatic rings. The van der Waals surface area contributed by atoms with Crippen LogP contribution in [0.2, 0.25) is 5.02 Å². The minimum Gasteiger partial charge on any atom is -0.465 e. The van der Waals surface area contributed by atoms with Gasteiger partial charge in [-0.1, -0.05) is 11.6 Å². The predicted octanol–water partition coefficient (Wildman–Crippen LogP) is 3.68. The van der Waals surface area contributed by atoms with Crippen molar-refractivity contribution in [2.75, 3.05) is 31.0 Å². The SMILES string of the molecule is COC(=O)c1cc(Cl)ccc1NCCCCSC. The zero-order valence-electron chi connectivity index (χ0n) is 10.7. The Morgan fingerprint density at radius 1 is 1.44 bits per heavy atom. The second-order valence-electron chi connectivity index (χ2n) is 3.81. The quantitative estimate of drug-likeness (QED) is 0.613. The number of halogens is 1. The van der Waals surface area contributed by atoms with Gasteiger partial charge in [0.1, 0.15) is 0 Å². The van der Waals surface area contributed by atoms with Crippen molar-refractivity contribution < 1.29 is 9.53 Å². The maximum atomic E-state index is 11.6. The molecule has 0 unspecified atom stereocenters.